The molecule has 4 nitrogen and oxygen atoms in total. The van der Waals surface area contributed by atoms with Crippen molar-refractivity contribution in [3.05, 3.63) is 35.9 Å². The molecule has 0 N–H and O–H groups in total. The SMILES string of the molecule is C[C@@H]1C[C@@H]2O[C@@H]2[C@H](C)N1C(=O)OCc1ccccc1. The van der Waals surface area contributed by atoms with Gasteiger partial charge in [-0.05, 0) is 25.8 Å². The van der Waals surface area contributed by atoms with E-state index in [9.17, 15) is 4.79 Å². The minimum atomic E-state index is -0.238. The molecular weight excluding hydrogens is 242 g/mol. The Hall–Kier alpha value is -1.55. The fraction of sp³-hybridized carbons (Fsp3) is 0.533. The lowest BCUT2D eigenvalue weighted by atomic mass is 9.98. The van der Waals surface area contributed by atoms with Crippen molar-refractivity contribution in [3.8, 4) is 0 Å². The summed E-state index contributed by atoms with van der Waals surface area (Å²) >= 11 is 0. The molecule has 0 spiro atoms. The van der Waals surface area contributed by atoms with Crippen LogP contribution in [0.5, 0.6) is 0 Å². The van der Waals surface area contributed by atoms with E-state index >= 15 is 0 Å². The van der Waals surface area contributed by atoms with Gasteiger partial charge in [0.25, 0.3) is 0 Å². The summed E-state index contributed by atoms with van der Waals surface area (Å²) in [5.74, 6) is 0. The number of likely N-dealkylation sites (tertiary alicyclic amines) is 1. The normalized spacial score (nSPS) is 32.6. The minimum Gasteiger partial charge on any atom is -0.445 e. The molecule has 2 fully saturated rings. The van der Waals surface area contributed by atoms with Gasteiger partial charge in [0.1, 0.15) is 12.7 Å². The monoisotopic (exact) mass is 261 g/mol. The summed E-state index contributed by atoms with van der Waals surface area (Å²) in [6, 6.07) is 10.0. The Kier molecular flexibility index (Phi) is 3.19. The first-order valence-electron chi connectivity index (χ1n) is 6.81. The average molecular weight is 261 g/mol. The molecule has 2 aliphatic heterocycles. The maximum atomic E-state index is 12.2. The van der Waals surface area contributed by atoms with Crippen molar-refractivity contribution >= 4 is 6.09 Å². The van der Waals surface area contributed by atoms with E-state index in [-0.39, 0.29) is 24.3 Å². The Morgan fingerprint density at radius 3 is 2.84 bits per heavy atom. The molecule has 0 aliphatic carbocycles. The number of epoxide rings is 1. The number of rotatable bonds is 2. The molecule has 4 atom stereocenters. The zero-order valence-corrected chi connectivity index (χ0v) is 11.3. The molecule has 19 heavy (non-hydrogen) atoms. The number of hydrogen-bond donors (Lipinski definition) is 0. The first kappa shape index (κ1) is 12.5. The maximum absolute atomic E-state index is 12.2. The van der Waals surface area contributed by atoms with E-state index in [2.05, 4.69) is 6.92 Å². The van der Waals surface area contributed by atoms with Crippen LogP contribution < -0.4 is 0 Å². The van der Waals surface area contributed by atoms with Gasteiger partial charge in [0.05, 0.1) is 12.1 Å². The molecule has 1 amide bonds. The van der Waals surface area contributed by atoms with Crippen molar-refractivity contribution in [2.75, 3.05) is 0 Å². The second-order valence-electron chi connectivity index (χ2n) is 5.41. The summed E-state index contributed by atoms with van der Waals surface area (Å²) in [6.45, 7) is 4.41. The number of nitrogens with zero attached hydrogens (tertiary/aromatic N) is 1. The van der Waals surface area contributed by atoms with Gasteiger partial charge in [-0.15, -0.1) is 0 Å². The summed E-state index contributed by atoms with van der Waals surface area (Å²) < 4.78 is 11.0. The number of carbonyl (C=O) groups is 1. The lowest BCUT2D eigenvalue weighted by molar-refractivity contribution is 0.0567. The predicted molar refractivity (Wildman–Crippen MR) is 70.7 cm³/mol. The van der Waals surface area contributed by atoms with Gasteiger partial charge in [-0.2, -0.15) is 0 Å². The van der Waals surface area contributed by atoms with Crippen molar-refractivity contribution in [3.63, 3.8) is 0 Å². The number of carbonyl (C=O) groups excluding carboxylic acids is 1. The predicted octanol–water partition coefficient (Wildman–Crippen LogP) is 2.57. The van der Waals surface area contributed by atoms with Crippen LogP contribution in [0.25, 0.3) is 0 Å². The molecule has 0 aromatic heterocycles. The highest BCUT2D eigenvalue weighted by Gasteiger charge is 2.52. The van der Waals surface area contributed by atoms with E-state index in [0.29, 0.717) is 12.7 Å². The molecule has 102 valence electrons. The van der Waals surface area contributed by atoms with Crippen molar-refractivity contribution in [2.24, 2.45) is 0 Å². The highest BCUT2D eigenvalue weighted by atomic mass is 16.6. The van der Waals surface area contributed by atoms with Crippen LogP contribution in [0.4, 0.5) is 4.79 Å². The fourth-order valence-corrected chi connectivity index (χ4v) is 2.92. The largest absolute Gasteiger partial charge is 0.445 e. The summed E-state index contributed by atoms with van der Waals surface area (Å²) in [5.41, 5.74) is 1.01. The number of ether oxygens (including phenoxy) is 2. The van der Waals surface area contributed by atoms with E-state index in [4.69, 9.17) is 9.47 Å². The molecule has 1 aromatic carbocycles. The second-order valence-corrected chi connectivity index (χ2v) is 5.41. The average Bonchev–Trinajstić information content (AvgIpc) is 3.17. The molecule has 3 rings (SSSR count). The quantitative estimate of drug-likeness (QED) is 0.768. The van der Waals surface area contributed by atoms with Crippen LogP contribution in [-0.4, -0.2) is 35.3 Å². The summed E-state index contributed by atoms with van der Waals surface area (Å²) in [7, 11) is 0. The van der Waals surface area contributed by atoms with E-state index in [1.807, 2.05) is 42.2 Å². The zero-order chi connectivity index (χ0) is 13.4. The van der Waals surface area contributed by atoms with Gasteiger partial charge in [-0.1, -0.05) is 30.3 Å². The molecular formula is C15H19NO3. The minimum absolute atomic E-state index is 0.108. The van der Waals surface area contributed by atoms with E-state index in [1.54, 1.807) is 0 Å². The van der Waals surface area contributed by atoms with Crippen LogP contribution >= 0.6 is 0 Å². The van der Waals surface area contributed by atoms with Crippen molar-refractivity contribution in [2.45, 2.75) is 51.2 Å². The third kappa shape index (κ3) is 2.45. The molecule has 0 saturated carbocycles. The van der Waals surface area contributed by atoms with Gasteiger partial charge in [0.15, 0.2) is 0 Å². The van der Waals surface area contributed by atoms with E-state index in [1.165, 1.54) is 0 Å². The summed E-state index contributed by atoms with van der Waals surface area (Å²) in [4.78, 5) is 14.0. The smallest absolute Gasteiger partial charge is 0.410 e. The number of hydrogen-bond acceptors (Lipinski definition) is 3. The van der Waals surface area contributed by atoms with Crippen molar-refractivity contribution in [1.82, 2.24) is 4.90 Å². The highest BCUT2D eigenvalue weighted by Crippen LogP contribution is 2.38. The van der Waals surface area contributed by atoms with Crippen LogP contribution in [0.3, 0.4) is 0 Å². The molecule has 2 saturated heterocycles. The van der Waals surface area contributed by atoms with Crippen molar-refractivity contribution < 1.29 is 14.3 Å². The second kappa shape index (κ2) is 4.85. The Morgan fingerprint density at radius 2 is 2.11 bits per heavy atom. The third-order valence-corrected chi connectivity index (χ3v) is 4.00. The van der Waals surface area contributed by atoms with Crippen LogP contribution in [0.15, 0.2) is 30.3 Å². The molecule has 0 unspecified atom stereocenters. The van der Waals surface area contributed by atoms with Crippen LogP contribution in [0.1, 0.15) is 25.8 Å². The molecule has 0 radical (unpaired) electrons. The Balaban J connectivity index is 1.60. The lowest BCUT2D eigenvalue weighted by Crippen LogP contribution is -2.51. The van der Waals surface area contributed by atoms with Gasteiger partial charge >= 0.3 is 6.09 Å². The third-order valence-electron chi connectivity index (χ3n) is 4.00. The molecule has 1 aromatic rings. The fourth-order valence-electron chi connectivity index (χ4n) is 2.92. The number of benzene rings is 1. The molecule has 2 heterocycles. The van der Waals surface area contributed by atoms with Crippen LogP contribution in [0, 0.1) is 0 Å². The number of fused-ring (bicyclic) bond motifs is 1. The van der Waals surface area contributed by atoms with Gasteiger partial charge in [-0.3, -0.25) is 4.90 Å². The van der Waals surface area contributed by atoms with Crippen LogP contribution in [-0.2, 0) is 16.1 Å². The first-order chi connectivity index (χ1) is 9.16. The number of amides is 1. The lowest BCUT2D eigenvalue weighted by Gasteiger charge is -2.35. The van der Waals surface area contributed by atoms with Gasteiger partial charge < -0.3 is 9.47 Å². The molecule has 4 heteroatoms. The highest BCUT2D eigenvalue weighted by molar-refractivity contribution is 5.69. The first-order valence-corrected chi connectivity index (χ1v) is 6.81. The van der Waals surface area contributed by atoms with E-state index < -0.39 is 0 Å². The Morgan fingerprint density at radius 1 is 1.37 bits per heavy atom. The Bertz CT molecular complexity index is 462. The molecule has 2 aliphatic rings. The number of piperidine rings is 1. The van der Waals surface area contributed by atoms with E-state index in [0.717, 1.165) is 12.0 Å². The van der Waals surface area contributed by atoms with Gasteiger partial charge in [0, 0.05) is 6.04 Å². The van der Waals surface area contributed by atoms with Crippen molar-refractivity contribution in [1.29, 1.82) is 0 Å². The summed E-state index contributed by atoms with van der Waals surface area (Å²) in [5, 5.41) is 0. The maximum Gasteiger partial charge on any atom is 0.410 e. The zero-order valence-electron chi connectivity index (χ0n) is 11.3. The Labute approximate surface area is 113 Å². The molecule has 0 bridgehead atoms. The van der Waals surface area contributed by atoms with Crippen LogP contribution in [0.2, 0.25) is 0 Å². The van der Waals surface area contributed by atoms with Gasteiger partial charge in [-0.25, -0.2) is 4.79 Å². The summed E-state index contributed by atoms with van der Waals surface area (Å²) in [6.07, 6.45) is 1.23. The van der Waals surface area contributed by atoms with Gasteiger partial charge in [0.2, 0.25) is 0 Å². The topological polar surface area (TPSA) is 42.1 Å². The standard InChI is InChI=1S/C15H19NO3/c1-10-8-13-14(19-13)11(2)16(10)15(17)18-9-12-6-4-3-5-7-12/h3-7,10-11,13-14H,8-9H2,1-2H3/t10-,11+,13+,14-/m1/s1.